The van der Waals surface area contributed by atoms with Crippen LogP contribution in [0.3, 0.4) is 0 Å². The molecule has 1 aliphatic rings. The van der Waals surface area contributed by atoms with Crippen LogP contribution in [0.2, 0.25) is 5.02 Å². The maximum atomic E-state index is 12.2. The molecular weight excluding hydrogens is 284 g/mol. The van der Waals surface area contributed by atoms with E-state index >= 15 is 0 Å². The lowest BCUT2D eigenvalue weighted by molar-refractivity contribution is -0.133. The molecule has 4 heteroatoms. The summed E-state index contributed by atoms with van der Waals surface area (Å²) >= 11 is 6.23. The standard InChI is InChI=1S/C17H25ClN2O/c1-4-20(5-2)17(21)12(3)19-14-10-13(11-14)15-8-6-7-9-16(15)18/h6-9,12-14,19H,4-5,10-11H2,1-3H3. The van der Waals surface area contributed by atoms with Crippen LogP contribution in [0.4, 0.5) is 0 Å². The van der Waals surface area contributed by atoms with E-state index in [4.69, 9.17) is 11.6 Å². The molecule has 0 radical (unpaired) electrons. The summed E-state index contributed by atoms with van der Waals surface area (Å²) in [7, 11) is 0. The number of nitrogens with one attached hydrogen (secondary N) is 1. The third-order valence-corrected chi connectivity index (χ3v) is 4.76. The number of amides is 1. The Kier molecular flexibility index (Phi) is 5.65. The molecule has 0 saturated heterocycles. The van der Waals surface area contributed by atoms with Crippen molar-refractivity contribution in [3.8, 4) is 0 Å². The smallest absolute Gasteiger partial charge is 0.239 e. The second-order valence-corrected chi connectivity index (χ2v) is 6.19. The molecule has 0 aliphatic heterocycles. The largest absolute Gasteiger partial charge is 0.342 e. The highest BCUT2D eigenvalue weighted by molar-refractivity contribution is 6.31. The Balaban J connectivity index is 1.83. The molecule has 0 heterocycles. The lowest BCUT2D eigenvalue weighted by Crippen LogP contribution is -2.51. The van der Waals surface area contributed by atoms with E-state index in [1.54, 1.807) is 0 Å². The van der Waals surface area contributed by atoms with Crippen molar-refractivity contribution in [2.75, 3.05) is 13.1 Å². The molecule has 1 aromatic carbocycles. The third kappa shape index (κ3) is 3.78. The van der Waals surface area contributed by atoms with Crippen LogP contribution in [-0.4, -0.2) is 36.0 Å². The molecule has 0 spiro atoms. The zero-order valence-electron chi connectivity index (χ0n) is 13.1. The minimum Gasteiger partial charge on any atom is -0.342 e. The number of carbonyl (C=O) groups excluding carboxylic acids is 1. The van der Waals surface area contributed by atoms with Gasteiger partial charge in [-0.15, -0.1) is 0 Å². The molecule has 116 valence electrons. The molecule has 1 fully saturated rings. The van der Waals surface area contributed by atoms with Gasteiger partial charge >= 0.3 is 0 Å². The lowest BCUT2D eigenvalue weighted by atomic mass is 9.75. The Morgan fingerprint density at radius 1 is 1.33 bits per heavy atom. The molecule has 1 saturated carbocycles. The first kappa shape index (κ1) is 16.3. The molecule has 1 aromatic rings. The molecule has 1 atom stereocenters. The number of hydrogen-bond donors (Lipinski definition) is 1. The van der Waals surface area contributed by atoms with Crippen LogP contribution in [0.25, 0.3) is 0 Å². The van der Waals surface area contributed by atoms with Crippen molar-refractivity contribution in [1.29, 1.82) is 0 Å². The lowest BCUT2D eigenvalue weighted by Gasteiger charge is -2.38. The van der Waals surface area contributed by atoms with E-state index in [0.29, 0.717) is 12.0 Å². The number of benzene rings is 1. The summed E-state index contributed by atoms with van der Waals surface area (Å²) in [5.41, 5.74) is 1.24. The number of likely N-dealkylation sites (N-methyl/N-ethyl adjacent to an activating group) is 1. The Morgan fingerprint density at radius 3 is 2.52 bits per heavy atom. The van der Waals surface area contributed by atoms with Gasteiger partial charge in [-0.2, -0.15) is 0 Å². The number of halogens is 1. The van der Waals surface area contributed by atoms with Gasteiger partial charge in [0.2, 0.25) is 5.91 Å². The monoisotopic (exact) mass is 308 g/mol. The van der Waals surface area contributed by atoms with Gasteiger partial charge < -0.3 is 10.2 Å². The fraction of sp³-hybridized carbons (Fsp3) is 0.588. The number of rotatable bonds is 6. The highest BCUT2D eigenvalue weighted by Gasteiger charge is 2.33. The topological polar surface area (TPSA) is 32.3 Å². The average molecular weight is 309 g/mol. The van der Waals surface area contributed by atoms with Gasteiger partial charge in [0.15, 0.2) is 0 Å². The summed E-state index contributed by atoms with van der Waals surface area (Å²) in [4.78, 5) is 14.1. The van der Waals surface area contributed by atoms with E-state index in [2.05, 4.69) is 11.4 Å². The van der Waals surface area contributed by atoms with E-state index < -0.39 is 0 Å². The van der Waals surface area contributed by atoms with Crippen molar-refractivity contribution >= 4 is 17.5 Å². The average Bonchev–Trinajstić information content (AvgIpc) is 2.44. The number of carbonyl (C=O) groups is 1. The number of nitrogens with zero attached hydrogens (tertiary/aromatic N) is 1. The normalized spacial score (nSPS) is 22.5. The van der Waals surface area contributed by atoms with Gasteiger partial charge in [-0.05, 0) is 51.2 Å². The van der Waals surface area contributed by atoms with E-state index in [-0.39, 0.29) is 11.9 Å². The maximum absolute atomic E-state index is 12.2. The minimum absolute atomic E-state index is 0.109. The van der Waals surface area contributed by atoms with Crippen LogP contribution < -0.4 is 5.32 Å². The van der Waals surface area contributed by atoms with Gasteiger partial charge in [-0.3, -0.25) is 4.79 Å². The Labute approximate surface area is 132 Å². The molecule has 1 N–H and O–H groups in total. The van der Waals surface area contributed by atoms with Crippen LogP contribution in [-0.2, 0) is 4.79 Å². The fourth-order valence-corrected chi connectivity index (χ4v) is 3.34. The van der Waals surface area contributed by atoms with Gasteiger partial charge in [0.05, 0.1) is 6.04 Å². The molecular formula is C17H25ClN2O. The van der Waals surface area contributed by atoms with Crippen LogP contribution in [0.15, 0.2) is 24.3 Å². The summed E-state index contributed by atoms with van der Waals surface area (Å²) in [6.45, 7) is 7.54. The molecule has 1 aliphatic carbocycles. The molecule has 21 heavy (non-hydrogen) atoms. The van der Waals surface area contributed by atoms with Gasteiger partial charge in [0.1, 0.15) is 0 Å². The summed E-state index contributed by atoms with van der Waals surface area (Å²) in [5.74, 6) is 0.716. The van der Waals surface area contributed by atoms with Crippen molar-refractivity contribution in [1.82, 2.24) is 10.2 Å². The predicted octanol–water partition coefficient (Wildman–Crippen LogP) is 3.43. The third-order valence-electron chi connectivity index (χ3n) is 4.41. The summed E-state index contributed by atoms with van der Waals surface area (Å²) in [5, 5.41) is 4.30. The predicted molar refractivity (Wildman–Crippen MR) is 87.7 cm³/mol. The van der Waals surface area contributed by atoms with Crippen LogP contribution >= 0.6 is 11.6 Å². The second kappa shape index (κ2) is 7.28. The second-order valence-electron chi connectivity index (χ2n) is 5.79. The highest BCUT2D eigenvalue weighted by Crippen LogP contribution is 2.40. The fourth-order valence-electron chi connectivity index (χ4n) is 3.05. The Hall–Kier alpha value is -1.06. The Bertz CT molecular complexity index is 481. The van der Waals surface area contributed by atoms with Gasteiger partial charge in [0.25, 0.3) is 0 Å². The van der Waals surface area contributed by atoms with Crippen molar-refractivity contribution < 1.29 is 4.79 Å². The molecule has 0 bridgehead atoms. The molecule has 1 amide bonds. The van der Waals surface area contributed by atoms with Gasteiger partial charge in [0, 0.05) is 24.2 Å². The van der Waals surface area contributed by atoms with E-state index in [9.17, 15) is 4.79 Å². The Morgan fingerprint density at radius 2 is 1.95 bits per heavy atom. The number of hydrogen-bond acceptors (Lipinski definition) is 2. The summed E-state index contributed by atoms with van der Waals surface area (Å²) in [6, 6.07) is 8.36. The van der Waals surface area contributed by atoms with Crippen molar-refractivity contribution in [2.24, 2.45) is 0 Å². The molecule has 2 rings (SSSR count). The summed E-state index contributed by atoms with van der Waals surface area (Å²) < 4.78 is 0. The highest BCUT2D eigenvalue weighted by atomic mass is 35.5. The quantitative estimate of drug-likeness (QED) is 0.873. The first-order valence-electron chi connectivity index (χ1n) is 7.86. The zero-order chi connectivity index (χ0) is 15.4. The zero-order valence-corrected chi connectivity index (χ0v) is 13.9. The van der Waals surface area contributed by atoms with Crippen LogP contribution in [0.1, 0.15) is 45.1 Å². The van der Waals surface area contributed by atoms with Crippen molar-refractivity contribution in [2.45, 2.75) is 51.6 Å². The van der Waals surface area contributed by atoms with E-state index in [1.165, 1.54) is 5.56 Å². The van der Waals surface area contributed by atoms with Crippen molar-refractivity contribution in [3.05, 3.63) is 34.9 Å². The van der Waals surface area contributed by atoms with Crippen LogP contribution in [0, 0.1) is 0 Å². The first-order valence-corrected chi connectivity index (χ1v) is 8.23. The van der Waals surface area contributed by atoms with Crippen LogP contribution in [0.5, 0.6) is 0 Å². The van der Waals surface area contributed by atoms with Gasteiger partial charge in [-0.1, -0.05) is 29.8 Å². The first-order chi connectivity index (χ1) is 10.1. The molecule has 3 nitrogen and oxygen atoms in total. The van der Waals surface area contributed by atoms with E-state index in [1.807, 2.05) is 43.9 Å². The SMILES string of the molecule is CCN(CC)C(=O)C(C)NC1CC(c2ccccc2Cl)C1. The minimum atomic E-state index is -0.109. The van der Waals surface area contributed by atoms with E-state index in [0.717, 1.165) is 31.0 Å². The molecule has 1 unspecified atom stereocenters. The molecule has 0 aromatic heterocycles. The van der Waals surface area contributed by atoms with Crippen molar-refractivity contribution in [3.63, 3.8) is 0 Å². The summed E-state index contributed by atoms with van der Waals surface area (Å²) in [6.07, 6.45) is 2.11. The van der Waals surface area contributed by atoms with Gasteiger partial charge in [-0.25, -0.2) is 0 Å². The maximum Gasteiger partial charge on any atom is 0.239 e.